The Bertz CT molecular complexity index is 1380. The van der Waals surface area contributed by atoms with Crippen LogP contribution in [0.15, 0.2) is 36.4 Å². The largest absolute Gasteiger partial charge is 0.420 e. The van der Waals surface area contributed by atoms with Gasteiger partial charge in [-0.2, -0.15) is 4.39 Å². The lowest BCUT2D eigenvalue weighted by Crippen LogP contribution is -2.18. The molecule has 0 spiro atoms. The number of benzene rings is 3. The minimum absolute atomic E-state index is 0.0275. The van der Waals surface area contributed by atoms with Gasteiger partial charge in [-0.05, 0) is 79.7 Å². The maximum Gasteiger partial charge on any atom is 0.346 e. The Hall–Kier alpha value is -3.33. The molecule has 3 aromatic carbocycles. The molecule has 9 heteroatoms. The molecular weight excluding hydrogens is 522 g/mol. The average molecular weight is 551 g/mol. The number of rotatable bonds is 7. The third kappa shape index (κ3) is 5.69. The summed E-state index contributed by atoms with van der Waals surface area (Å²) in [5, 5.41) is 9.58. The zero-order valence-corrected chi connectivity index (χ0v) is 21.5. The highest BCUT2D eigenvalue weighted by Gasteiger charge is 2.31. The molecule has 1 atom stereocenters. The number of aliphatic hydroxyl groups is 1. The van der Waals surface area contributed by atoms with E-state index in [2.05, 4.69) is 0 Å². The van der Waals surface area contributed by atoms with Crippen molar-refractivity contribution in [3.63, 3.8) is 0 Å². The fourth-order valence-electron chi connectivity index (χ4n) is 5.24. The summed E-state index contributed by atoms with van der Waals surface area (Å²) in [5.41, 5.74) is -0.595. The molecular formula is C30H28F6O3. The summed E-state index contributed by atoms with van der Waals surface area (Å²) in [4.78, 5) is 12.5. The van der Waals surface area contributed by atoms with E-state index in [9.17, 15) is 31.9 Å². The molecule has 1 unspecified atom stereocenters. The Morgan fingerprint density at radius 1 is 0.795 bits per heavy atom. The van der Waals surface area contributed by atoms with Gasteiger partial charge in [0, 0.05) is 5.56 Å². The quantitative estimate of drug-likeness (QED) is 0.183. The topological polar surface area (TPSA) is 46.5 Å². The van der Waals surface area contributed by atoms with Gasteiger partial charge < -0.3 is 9.84 Å². The van der Waals surface area contributed by atoms with Gasteiger partial charge in [-0.15, -0.1) is 0 Å². The number of ether oxygens (including phenoxy) is 1. The van der Waals surface area contributed by atoms with Gasteiger partial charge >= 0.3 is 5.97 Å². The number of hydrogen-bond acceptors (Lipinski definition) is 3. The van der Waals surface area contributed by atoms with Crippen molar-refractivity contribution in [2.75, 3.05) is 0 Å². The first-order chi connectivity index (χ1) is 18.5. The third-order valence-corrected chi connectivity index (χ3v) is 7.38. The molecule has 1 saturated carbocycles. The lowest BCUT2D eigenvalue weighted by atomic mass is 9.75. The second-order valence-corrected chi connectivity index (χ2v) is 9.92. The Kier molecular flexibility index (Phi) is 8.69. The summed E-state index contributed by atoms with van der Waals surface area (Å²) in [6.45, 7) is 3.13. The van der Waals surface area contributed by atoms with Crippen LogP contribution in [-0.4, -0.2) is 11.1 Å². The molecule has 1 N–H and O–H groups in total. The van der Waals surface area contributed by atoms with Crippen molar-refractivity contribution < 1.29 is 41.0 Å². The summed E-state index contributed by atoms with van der Waals surface area (Å²) in [5.74, 6) is -10.3. The van der Waals surface area contributed by atoms with Crippen LogP contribution in [0.1, 0.15) is 96.5 Å². The molecule has 1 fully saturated rings. The predicted octanol–water partition coefficient (Wildman–Crippen LogP) is 8.19. The van der Waals surface area contributed by atoms with Crippen LogP contribution >= 0.6 is 0 Å². The fourth-order valence-corrected chi connectivity index (χ4v) is 5.24. The zero-order chi connectivity index (χ0) is 28.4. The molecule has 0 bridgehead atoms. The highest BCUT2D eigenvalue weighted by molar-refractivity contribution is 5.91. The van der Waals surface area contributed by atoms with Crippen molar-refractivity contribution >= 4 is 5.97 Å². The summed E-state index contributed by atoms with van der Waals surface area (Å²) < 4.78 is 92.3. The van der Waals surface area contributed by atoms with Gasteiger partial charge in [0.2, 0.25) is 5.82 Å². The van der Waals surface area contributed by atoms with Crippen molar-refractivity contribution in [3.05, 3.63) is 99.1 Å². The number of halogens is 6. The van der Waals surface area contributed by atoms with Crippen molar-refractivity contribution in [1.82, 2.24) is 0 Å². The summed E-state index contributed by atoms with van der Waals surface area (Å²) in [7, 11) is 0. The van der Waals surface area contributed by atoms with E-state index in [0.717, 1.165) is 12.1 Å². The van der Waals surface area contributed by atoms with Gasteiger partial charge in [0.15, 0.2) is 34.8 Å². The minimum Gasteiger partial charge on any atom is -0.420 e. The van der Waals surface area contributed by atoms with E-state index in [0.29, 0.717) is 32.1 Å². The fraction of sp³-hybridized carbons (Fsp3) is 0.367. The molecule has 0 heterocycles. The molecule has 208 valence electrons. The third-order valence-electron chi connectivity index (χ3n) is 7.38. The van der Waals surface area contributed by atoms with Crippen LogP contribution in [0.2, 0.25) is 0 Å². The highest BCUT2D eigenvalue weighted by Crippen LogP contribution is 2.43. The smallest absolute Gasteiger partial charge is 0.346 e. The number of esters is 1. The predicted molar refractivity (Wildman–Crippen MR) is 133 cm³/mol. The number of carbonyl (C=O) groups is 1. The average Bonchev–Trinajstić information content (AvgIpc) is 2.91. The maximum atomic E-state index is 15.0. The van der Waals surface area contributed by atoms with Crippen LogP contribution in [0.4, 0.5) is 26.3 Å². The first kappa shape index (κ1) is 28.7. The molecule has 0 saturated heterocycles. The molecule has 1 aliphatic rings. The van der Waals surface area contributed by atoms with Crippen LogP contribution in [0.5, 0.6) is 5.75 Å². The Morgan fingerprint density at radius 3 is 1.92 bits per heavy atom. The van der Waals surface area contributed by atoms with Gasteiger partial charge in [0.1, 0.15) is 0 Å². The minimum atomic E-state index is -1.47. The molecule has 3 aromatic rings. The zero-order valence-electron chi connectivity index (χ0n) is 21.5. The second kappa shape index (κ2) is 11.8. The Balaban J connectivity index is 1.47. The van der Waals surface area contributed by atoms with Crippen LogP contribution in [0.25, 0.3) is 0 Å². The number of carbonyl (C=O) groups excluding carboxylic acids is 1. The van der Waals surface area contributed by atoms with Gasteiger partial charge in [-0.25, -0.2) is 26.7 Å². The normalized spacial score (nSPS) is 18.2. The van der Waals surface area contributed by atoms with Crippen molar-refractivity contribution in [2.45, 2.75) is 70.3 Å². The van der Waals surface area contributed by atoms with E-state index >= 15 is 4.39 Å². The van der Waals surface area contributed by atoms with Gasteiger partial charge in [0.25, 0.3) is 0 Å². The number of aryl methyl sites for hydroxylation is 1. The highest BCUT2D eigenvalue weighted by atomic mass is 19.2. The Labute approximate surface area is 222 Å². The lowest BCUT2D eigenvalue weighted by Gasteiger charge is -2.30. The standard InChI is InChI=1S/C30H28F6O3/c1-3-4-18-9-14-23(29(36)24(18)31)39-30(38)22-13-12-21(27(34)28(22)35)17-7-5-16(6-8-17)20-11-10-19(15(2)37)25(32)26(20)33/h9-17,37H,3-8H2,1-2H3. The summed E-state index contributed by atoms with van der Waals surface area (Å²) in [6.07, 6.45) is 1.19. The summed E-state index contributed by atoms with van der Waals surface area (Å²) >= 11 is 0. The van der Waals surface area contributed by atoms with E-state index in [1.54, 1.807) is 6.92 Å². The SMILES string of the molecule is CCCc1ccc(OC(=O)c2ccc(C3CCC(c4ccc(C(C)O)c(F)c4F)CC3)c(F)c2F)c(F)c1F. The molecule has 39 heavy (non-hydrogen) atoms. The van der Waals surface area contributed by atoms with Crippen molar-refractivity contribution in [3.8, 4) is 5.75 Å². The first-order valence-corrected chi connectivity index (χ1v) is 12.9. The first-order valence-electron chi connectivity index (χ1n) is 12.9. The van der Waals surface area contributed by atoms with E-state index in [4.69, 9.17) is 4.74 Å². The van der Waals surface area contributed by atoms with Crippen molar-refractivity contribution in [2.24, 2.45) is 0 Å². The molecule has 0 radical (unpaired) electrons. The molecule has 4 rings (SSSR count). The van der Waals surface area contributed by atoms with Crippen LogP contribution in [0, 0.1) is 34.9 Å². The molecule has 1 aliphatic carbocycles. The second-order valence-electron chi connectivity index (χ2n) is 9.92. The molecule has 0 aromatic heterocycles. The molecule has 0 aliphatic heterocycles. The van der Waals surface area contributed by atoms with E-state index < -0.39 is 64.2 Å². The van der Waals surface area contributed by atoms with E-state index in [-0.39, 0.29) is 34.6 Å². The monoisotopic (exact) mass is 550 g/mol. The van der Waals surface area contributed by atoms with E-state index in [1.807, 2.05) is 0 Å². The van der Waals surface area contributed by atoms with Crippen molar-refractivity contribution in [1.29, 1.82) is 0 Å². The van der Waals surface area contributed by atoms with E-state index in [1.165, 1.54) is 31.2 Å². The Morgan fingerprint density at radius 2 is 1.36 bits per heavy atom. The summed E-state index contributed by atoms with van der Waals surface area (Å²) in [6, 6.07) is 7.40. The maximum absolute atomic E-state index is 15.0. The molecule has 3 nitrogen and oxygen atoms in total. The van der Waals surface area contributed by atoms with Gasteiger partial charge in [-0.3, -0.25) is 0 Å². The number of hydrogen-bond donors (Lipinski definition) is 1. The van der Waals surface area contributed by atoms with Crippen LogP contribution < -0.4 is 4.74 Å². The van der Waals surface area contributed by atoms with Crippen LogP contribution in [-0.2, 0) is 6.42 Å². The van der Waals surface area contributed by atoms with Gasteiger partial charge in [0.05, 0.1) is 11.7 Å². The van der Waals surface area contributed by atoms with Gasteiger partial charge in [-0.1, -0.05) is 37.6 Å². The lowest BCUT2D eigenvalue weighted by molar-refractivity contribution is 0.0720. The molecule has 0 amide bonds. The van der Waals surface area contributed by atoms with Crippen LogP contribution in [0.3, 0.4) is 0 Å². The number of aliphatic hydroxyl groups excluding tert-OH is 1.